The van der Waals surface area contributed by atoms with Crippen LogP contribution in [0.25, 0.3) is 22.4 Å². The topological polar surface area (TPSA) is 28.7 Å². The lowest BCUT2D eigenvalue weighted by Gasteiger charge is -2.28. The highest BCUT2D eigenvalue weighted by Gasteiger charge is 2.49. The molecule has 0 aliphatic heterocycles. The van der Waals surface area contributed by atoms with Gasteiger partial charge in [-0.05, 0) is 60.7 Å². The Morgan fingerprint density at radius 3 is 1.49 bits per heavy atom. The van der Waals surface area contributed by atoms with E-state index in [4.69, 9.17) is 4.98 Å². The molecule has 0 amide bonds. The Balaban J connectivity index is 0.00000253. The van der Waals surface area contributed by atoms with Gasteiger partial charge in [-0.25, -0.2) is 4.98 Å². The summed E-state index contributed by atoms with van der Waals surface area (Å²) in [7, 11) is -2.21. The van der Waals surface area contributed by atoms with Gasteiger partial charge in [-0.3, -0.25) is 0 Å². The average Bonchev–Trinajstić information content (AvgIpc) is 3.36. The van der Waals surface area contributed by atoms with Crippen molar-refractivity contribution >= 4 is 39.5 Å². The molecule has 5 aromatic carbocycles. The second-order valence-electron chi connectivity index (χ2n) is 8.30. The first kappa shape index (κ1) is 23.2. The maximum Gasteiger partial charge on any atom is 0.145 e. The molecule has 0 bridgehead atoms. The average molecular weight is 535 g/mol. The Kier molecular flexibility index (Phi) is 6.63. The van der Waals surface area contributed by atoms with E-state index >= 15 is 0 Å². The van der Waals surface area contributed by atoms with Gasteiger partial charge in [0.2, 0.25) is 0 Å². The van der Waals surface area contributed by atoms with Crippen molar-refractivity contribution in [2.75, 3.05) is 0 Å². The van der Waals surface area contributed by atoms with Crippen LogP contribution in [-0.4, -0.2) is 9.97 Å². The van der Waals surface area contributed by atoms with Gasteiger partial charge in [0.15, 0.2) is 0 Å². The van der Waals surface area contributed by atoms with Crippen molar-refractivity contribution in [3.63, 3.8) is 0 Å². The highest BCUT2D eigenvalue weighted by atomic mass is 79.9. The van der Waals surface area contributed by atoms with Gasteiger partial charge in [-0.15, -0.1) is 0 Å². The van der Waals surface area contributed by atoms with Crippen molar-refractivity contribution in [2.45, 2.75) is 0 Å². The predicted molar refractivity (Wildman–Crippen MR) is 146 cm³/mol. The quantitative estimate of drug-likeness (QED) is 0.338. The smallest absolute Gasteiger partial charge is 0.145 e. The molecule has 1 N–H and O–H groups in total. The number of hydrogen-bond donors (Lipinski definition) is 1. The zero-order chi connectivity index (χ0) is 22.8. The molecule has 6 rings (SSSR count). The van der Waals surface area contributed by atoms with Gasteiger partial charge in [-0.2, -0.15) is 0 Å². The van der Waals surface area contributed by atoms with E-state index in [2.05, 4.69) is 132 Å². The molecule has 35 heavy (non-hydrogen) atoms. The summed E-state index contributed by atoms with van der Waals surface area (Å²) in [4.78, 5) is 8.59. The summed E-state index contributed by atoms with van der Waals surface area (Å²) in [6, 6.07) is 49.9. The summed E-state index contributed by atoms with van der Waals surface area (Å²) in [5.74, 6) is 0.906. The molecule has 0 atom stereocenters. The fraction of sp³-hybridized carbons (Fsp3) is 0. The number of aromatic amines is 1. The van der Waals surface area contributed by atoms with Crippen LogP contribution in [0.4, 0.5) is 0 Å². The summed E-state index contributed by atoms with van der Waals surface area (Å²) in [5.41, 5.74) is 3.18. The molecule has 0 aliphatic rings. The van der Waals surface area contributed by atoms with Gasteiger partial charge in [0.25, 0.3) is 0 Å². The van der Waals surface area contributed by atoms with Gasteiger partial charge in [0.1, 0.15) is 34.3 Å². The highest BCUT2D eigenvalue weighted by molar-refractivity contribution is 8.01. The molecular weight excluding hydrogens is 511 g/mol. The zero-order valence-electron chi connectivity index (χ0n) is 19.1. The van der Waals surface area contributed by atoms with Crippen molar-refractivity contribution in [2.24, 2.45) is 0 Å². The van der Waals surface area contributed by atoms with Gasteiger partial charge >= 0.3 is 0 Å². The molecule has 0 aliphatic carbocycles. The fourth-order valence-electron chi connectivity index (χ4n) is 4.87. The van der Waals surface area contributed by atoms with Crippen LogP contribution in [0.3, 0.4) is 0 Å². The first-order valence-electron chi connectivity index (χ1n) is 11.5. The molecule has 4 heteroatoms. The number of rotatable bonds is 5. The van der Waals surface area contributed by atoms with Crippen LogP contribution >= 0.6 is 7.26 Å². The predicted octanol–water partition coefficient (Wildman–Crippen LogP) is 2.85. The number of H-pyrrole nitrogens is 1. The van der Waals surface area contributed by atoms with E-state index in [-0.39, 0.29) is 17.0 Å². The molecule has 0 saturated carbocycles. The minimum Gasteiger partial charge on any atom is -1.00 e. The molecule has 0 saturated heterocycles. The summed E-state index contributed by atoms with van der Waals surface area (Å²) >= 11 is 0. The molecule has 0 fully saturated rings. The summed E-state index contributed by atoms with van der Waals surface area (Å²) < 4.78 is 0. The number of aromatic nitrogens is 2. The minimum absolute atomic E-state index is 0. The molecule has 0 radical (unpaired) electrons. The lowest BCUT2D eigenvalue weighted by Crippen LogP contribution is -3.00. The molecule has 2 nitrogen and oxygen atoms in total. The van der Waals surface area contributed by atoms with Gasteiger partial charge in [0.05, 0.1) is 16.6 Å². The summed E-state index contributed by atoms with van der Waals surface area (Å²) in [5, 5.41) is 5.29. The van der Waals surface area contributed by atoms with Gasteiger partial charge in [-0.1, -0.05) is 78.9 Å². The van der Waals surface area contributed by atoms with E-state index in [0.29, 0.717) is 0 Å². The van der Waals surface area contributed by atoms with Crippen molar-refractivity contribution in [3.8, 4) is 11.4 Å². The molecule has 170 valence electrons. The van der Waals surface area contributed by atoms with Crippen molar-refractivity contribution in [3.05, 3.63) is 140 Å². The van der Waals surface area contributed by atoms with Crippen LogP contribution in [0.1, 0.15) is 0 Å². The number of nitrogens with zero attached hydrogens (tertiary/aromatic N) is 1. The monoisotopic (exact) mass is 534 g/mol. The number of fused-ring (bicyclic) bond motifs is 1. The van der Waals surface area contributed by atoms with E-state index in [1.165, 1.54) is 21.2 Å². The molecule has 0 unspecified atom stereocenters. The third-order valence-corrected chi connectivity index (χ3v) is 10.7. The van der Waals surface area contributed by atoms with Crippen LogP contribution in [-0.2, 0) is 0 Å². The molecule has 6 aromatic rings. The standard InChI is InChI=1S/C31H24N2P.BrH/c1-4-14-24(15-5-1)34(25-16-6-2-7-17-25,26-18-8-3-9-19-26)30-23-13-10-20-27(30)31-32-28-21-11-12-22-29(28)33-31;/h1-23H,(H,32,33);1H/q+1;/p-1. The maximum atomic E-state index is 5.00. The van der Waals surface area contributed by atoms with E-state index in [9.17, 15) is 0 Å². The largest absolute Gasteiger partial charge is 1.00 e. The Bertz CT molecular complexity index is 1420. The number of benzene rings is 5. The Hall–Kier alpha value is -3.52. The highest BCUT2D eigenvalue weighted by Crippen LogP contribution is 2.55. The van der Waals surface area contributed by atoms with Crippen LogP contribution in [0, 0.1) is 0 Å². The second kappa shape index (κ2) is 10.00. The zero-order valence-corrected chi connectivity index (χ0v) is 21.5. The Morgan fingerprint density at radius 2 is 0.943 bits per heavy atom. The third-order valence-electron chi connectivity index (χ3n) is 6.34. The first-order valence-corrected chi connectivity index (χ1v) is 13.3. The number of imidazole rings is 1. The minimum atomic E-state index is -2.21. The maximum absolute atomic E-state index is 5.00. The molecule has 1 heterocycles. The molecule has 0 spiro atoms. The van der Waals surface area contributed by atoms with Crippen LogP contribution in [0.5, 0.6) is 0 Å². The lowest BCUT2D eigenvalue weighted by atomic mass is 10.2. The molecular formula is C31H24BrN2P. The van der Waals surface area contributed by atoms with Crippen LogP contribution in [0.2, 0.25) is 0 Å². The van der Waals surface area contributed by atoms with Crippen molar-refractivity contribution in [1.82, 2.24) is 9.97 Å². The van der Waals surface area contributed by atoms with Gasteiger partial charge < -0.3 is 22.0 Å². The Morgan fingerprint density at radius 1 is 0.486 bits per heavy atom. The molecule has 1 aromatic heterocycles. The number of halogens is 1. The van der Waals surface area contributed by atoms with E-state index in [1.807, 2.05) is 12.1 Å². The number of para-hydroxylation sites is 2. The Labute approximate surface area is 216 Å². The second-order valence-corrected chi connectivity index (χ2v) is 11.7. The number of hydrogen-bond acceptors (Lipinski definition) is 1. The summed E-state index contributed by atoms with van der Waals surface area (Å²) in [6.07, 6.45) is 0. The van der Waals surface area contributed by atoms with Crippen molar-refractivity contribution in [1.29, 1.82) is 0 Å². The first-order chi connectivity index (χ1) is 16.9. The van der Waals surface area contributed by atoms with Crippen LogP contribution < -0.4 is 38.2 Å². The third kappa shape index (κ3) is 4.01. The summed E-state index contributed by atoms with van der Waals surface area (Å²) in [6.45, 7) is 0. The van der Waals surface area contributed by atoms with E-state index in [0.717, 1.165) is 22.4 Å². The lowest BCUT2D eigenvalue weighted by molar-refractivity contribution is -0.00000656. The fourth-order valence-corrected chi connectivity index (χ4v) is 9.30. The van der Waals surface area contributed by atoms with Crippen molar-refractivity contribution < 1.29 is 17.0 Å². The van der Waals surface area contributed by atoms with E-state index in [1.54, 1.807) is 0 Å². The van der Waals surface area contributed by atoms with E-state index < -0.39 is 7.26 Å². The number of nitrogens with one attached hydrogen (secondary N) is 1. The van der Waals surface area contributed by atoms with Crippen LogP contribution in [0.15, 0.2) is 140 Å². The normalized spacial score (nSPS) is 11.2. The SMILES string of the molecule is [Br-].c1ccc([P+](c2ccccc2)(c2ccccc2)c2ccccc2-c2nc3ccccc3[nH]2)cc1. The van der Waals surface area contributed by atoms with Gasteiger partial charge in [0, 0.05) is 0 Å².